The molecule has 1 aliphatic rings. The molecule has 1 fully saturated rings. The third kappa shape index (κ3) is 3.08. The molecule has 0 aromatic heterocycles. The Morgan fingerprint density at radius 2 is 2.11 bits per heavy atom. The lowest BCUT2D eigenvalue weighted by atomic mass is 10.2. The zero-order valence-electron chi connectivity index (χ0n) is 11.2. The van der Waals surface area contributed by atoms with E-state index in [1.54, 1.807) is 25.3 Å². The molecule has 5 nitrogen and oxygen atoms in total. The molecule has 0 saturated heterocycles. The quantitative estimate of drug-likeness (QED) is 0.869. The molecule has 1 aromatic carbocycles. The number of ether oxygens (including phenoxy) is 1. The minimum Gasteiger partial charge on any atom is -0.496 e. The van der Waals surface area contributed by atoms with Crippen LogP contribution in [0.4, 0.5) is 0 Å². The summed E-state index contributed by atoms with van der Waals surface area (Å²) in [6.45, 7) is 1.82. The van der Waals surface area contributed by atoms with E-state index in [2.05, 4.69) is 4.72 Å². The summed E-state index contributed by atoms with van der Waals surface area (Å²) in [5.74, 6) is 0.677. The van der Waals surface area contributed by atoms with Crippen LogP contribution < -0.4 is 15.2 Å². The standard InChI is InChI=1S/C13H20N2O3S/c1-9-8-10(6-7-13(9)18-2)19(16,17)15-12-5-3-4-11(12)14/h6-8,11-12,15H,3-5,14H2,1-2H3. The van der Waals surface area contributed by atoms with E-state index >= 15 is 0 Å². The first-order valence-electron chi connectivity index (χ1n) is 6.36. The Hall–Kier alpha value is -1.11. The predicted octanol–water partition coefficient (Wildman–Crippen LogP) is 1.16. The topological polar surface area (TPSA) is 81.4 Å². The zero-order chi connectivity index (χ0) is 14.0. The molecular formula is C13H20N2O3S. The highest BCUT2D eigenvalue weighted by molar-refractivity contribution is 7.89. The molecule has 0 aliphatic heterocycles. The van der Waals surface area contributed by atoms with Gasteiger partial charge in [0, 0.05) is 12.1 Å². The van der Waals surface area contributed by atoms with Gasteiger partial charge in [0.1, 0.15) is 5.75 Å². The van der Waals surface area contributed by atoms with Crippen LogP contribution in [0.2, 0.25) is 0 Å². The Labute approximate surface area is 114 Å². The summed E-state index contributed by atoms with van der Waals surface area (Å²) in [4.78, 5) is 0.255. The second-order valence-electron chi connectivity index (χ2n) is 4.95. The van der Waals surface area contributed by atoms with Crippen molar-refractivity contribution in [2.45, 2.75) is 43.2 Å². The largest absolute Gasteiger partial charge is 0.496 e. The normalized spacial score (nSPS) is 23.5. The third-order valence-corrected chi connectivity index (χ3v) is 5.04. The number of nitrogens with two attached hydrogens (primary N) is 1. The number of aryl methyl sites for hydroxylation is 1. The van der Waals surface area contributed by atoms with Gasteiger partial charge in [0.25, 0.3) is 0 Å². The molecule has 3 N–H and O–H groups in total. The van der Waals surface area contributed by atoms with Crippen LogP contribution in [-0.4, -0.2) is 27.6 Å². The van der Waals surface area contributed by atoms with Gasteiger partial charge in [0.05, 0.1) is 12.0 Å². The molecule has 0 spiro atoms. The first-order valence-corrected chi connectivity index (χ1v) is 7.85. The number of hydrogen-bond donors (Lipinski definition) is 2. The molecule has 1 aromatic rings. The van der Waals surface area contributed by atoms with E-state index in [9.17, 15) is 8.42 Å². The van der Waals surface area contributed by atoms with Crippen LogP contribution in [0.3, 0.4) is 0 Å². The van der Waals surface area contributed by atoms with Crippen LogP contribution in [0.15, 0.2) is 23.1 Å². The molecule has 2 rings (SSSR count). The second kappa shape index (κ2) is 5.48. The summed E-state index contributed by atoms with van der Waals surface area (Å²) in [7, 11) is -1.95. The SMILES string of the molecule is COc1ccc(S(=O)(=O)NC2CCCC2N)cc1C. The maximum Gasteiger partial charge on any atom is 0.240 e. The maximum atomic E-state index is 12.3. The number of methoxy groups -OCH3 is 1. The van der Waals surface area contributed by atoms with Crippen molar-refractivity contribution in [3.05, 3.63) is 23.8 Å². The molecule has 2 atom stereocenters. The van der Waals surface area contributed by atoms with Gasteiger partial charge >= 0.3 is 0 Å². The monoisotopic (exact) mass is 284 g/mol. The van der Waals surface area contributed by atoms with E-state index in [4.69, 9.17) is 10.5 Å². The molecule has 0 heterocycles. The molecule has 0 radical (unpaired) electrons. The van der Waals surface area contributed by atoms with E-state index in [-0.39, 0.29) is 17.0 Å². The fourth-order valence-electron chi connectivity index (χ4n) is 2.42. The first kappa shape index (κ1) is 14.3. The molecule has 6 heteroatoms. The van der Waals surface area contributed by atoms with Crippen molar-refractivity contribution < 1.29 is 13.2 Å². The lowest BCUT2D eigenvalue weighted by Crippen LogP contribution is -2.43. The van der Waals surface area contributed by atoms with Crippen molar-refractivity contribution in [3.63, 3.8) is 0 Å². The van der Waals surface area contributed by atoms with Gasteiger partial charge in [-0.1, -0.05) is 6.42 Å². The summed E-state index contributed by atoms with van der Waals surface area (Å²) in [6.07, 6.45) is 2.64. The first-order chi connectivity index (χ1) is 8.94. The van der Waals surface area contributed by atoms with Crippen LogP contribution in [-0.2, 0) is 10.0 Å². The van der Waals surface area contributed by atoms with Crippen molar-refractivity contribution in [1.29, 1.82) is 0 Å². The summed E-state index contributed by atoms with van der Waals surface area (Å²) >= 11 is 0. The van der Waals surface area contributed by atoms with Gasteiger partial charge in [-0.05, 0) is 43.5 Å². The predicted molar refractivity (Wildman–Crippen MR) is 73.7 cm³/mol. The number of sulfonamides is 1. The molecule has 0 bridgehead atoms. The van der Waals surface area contributed by atoms with Crippen molar-refractivity contribution >= 4 is 10.0 Å². The number of hydrogen-bond acceptors (Lipinski definition) is 4. The Bertz CT molecular complexity index is 557. The number of benzene rings is 1. The molecule has 1 aliphatic carbocycles. The van der Waals surface area contributed by atoms with Crippen LogP contribution in [0.25, 0.3) is 0 Å². The van der Waals surface area contributed by atoms with E-state index in [0.29, 0.717) is 5.75 Å². The van der Waals surface area contributed by atoms with E-state index in [1.165, 1.54) is 0 Å². The van der Waals surface area contributed by atoms with E-state index < -0.39 is 10.0 Å². The van der Waals surface area contributed by atoms with Gasteiger partial charge in [-0.15, -0.1) is 0 Å². The van der Waals surface area contributed by atoms with Gasteiger partial charge in [-0.25, -0.2) is 13.1 Å². The fourth-order valence-corrected chi connectivity index (χ4v) is 3.83. The van der Waals surface area contributed by atoms with E-state index in [1.807, 2.05) is 6.92 Å². The molecule has 0 amide bonds. The van der Waals surface area contributed by atoms with Crippen LogP contribution in [0.5, 0.6) is 5.75 Å². The van der Waals surface area contributed by atoms with E-state index in [0.717, 1.165) is 24.8 Å². The van der Waals surface area contributed by atoms with Gasteiger partial charge < -0.3 is 10.5 Å². The highest BCUT2D eigenvalue weighted by atomic mass is 32.2. The van der Waals surface area contributed by atoms with Gasteiger partial charge in [-0.3, -0.25) is 0 Å². The molecule has 1 saturated carbocycles. The average molecular weight is 284 g/mol. The van der Waals surface area contributed by atoms with Crippen molar-refractivity contribution in [1.82, 2.24) is 4.72 Å². The smallest absolute Gasteiger partial charge is 0.240 e. The lowest BCUT2D eigenvalue weighted by molar-refractivity contribution is 0.411. The highest BCUT2D eigenvalue weighted by Gasteiger charge is 2.28. The molecule has 106 valence electrons. The highest BCUT2D eigenvalue weighted by Crippen LogP contribution is 2.23. The van der Waals surface area contributed by atoms with Gasteiger partial charge in [0.15, 0.2) is 0 Å². The maximum absolute atomic E-state index is 12.3. The molecule has 19 heavy (non-hydrogen) atoms. The minimum absolute atomic E-state index is 0.0888. The van der Waals surface area contributed by atoms with Crippen LogP contribution in [0, 0.1) is 6.92 Å². The Kier molecular flexibility index (Phi) is 4.13. The fraction of sp³-hybridized carbons (Fsp3) is 0.538. The van der Waals surface area contributed by atoms with Crippen LogP contribution in [0.1, 0.15) is 24.8 Å². The molecular weight excluding hydrogens is 264 g/mol. The molecule has 2 unspecified atom stereocenters. The van der Waals surface area contributed by atoms with Gasteiger partial charge in [0.2, 0.25) is 10.0 Å². The van der Waals surface area contributed by atoms with Gasteiger partial charge in [-0.2, -0.15) is 0 Å². The lowest BCUT2D eigenvalue weighted by Gasteiger charge is -2.17. The summed E-state index contributed by atoms with van der Waals surface area (Å²) < 4.78 is 32.4. The Balaban J connectivity index is 2.22. The number of rotatable bonds is 4. The summed E-state index contributed by atoms with van der Waals surface area (Å²) in [6, 6.07) is 4.58. The zero-order valence-corrected chi connectivity index (χ0v) is 12.0. The second-order valence-corrected chi connectivity index (χ2v) is 6.67. The third-order valence-electron chi connectivity index (χ3n) is 3.55. The van der Waals surface area contributed by atoms with Crippen molar-refractivity contribution in [2.24, 2.45) is 5.73 Å². The Morgan fingerprint density at radius 1 is 1.37 bits per heavy atom. The summed E-state index contributed by atoms with van der Waals surface area (Å²) in [5.41, 5.74) is 6.69. The Morgan fingerprint density at radius 3 is 2.63 bits per heavy atom. The number of nitrogens with one attached hydrogen (secondary N) is 1. The minimum atomic E-state index is -3.51. The van der Waals surface area contributed by atoms with Crippen molar-refractivity contribution in [2.75, 3.05) is 7.11 Å². The summed E-state index contributed by atoms with van der Waals surface area (Å²) in [5, 5.41) is 0. The van der Waals surface area contributed by atoms with Crippen molar-refractivity contribution in [3.8, 4) is 5.75 Å². The van der Waals surface area contributed by atoms with Crippen LogP contribution >= 0.6 is 0 Å². The average Bonchev–Trinajstić information content (AvgIpc) is 2.74.